The van der Waals surface area contributed by atoms with Crippen LogP contribution in [0.5, 0.6) is 5.75 Å². The van der Waals surface area contributed by atoms with Gasteiger partial charge in [-0.05, 0) is 18.1 Å². The smallest absolute Gasteiger partial charge is 0.237 e. The summed E-state index contributed by atoms with van der Waals surface area (Å²) in [5.74, 6) is 0.718. The van der Waals surface area contributed by atoms with Crippen molar-refractivity contribution >= 4 is 17.9 Å². The van der Waals surface area contributed by atoms with Crippen molar-refractivity contribution in [1.29, 1.82) is 0 Å². The Morgan fingerprint density at radius 1 is 1.46 bits per heavy atom. The van der Waals surface area contributed by atoms with Crippen molar-refractivity contribution in [3.63, 3.8) is 0 Å². The molecule has 0 spiro atoms. The number of halogens is 1. The van der Waals surface area contributed by atoms with Crippen LogP contribution < -0.4 is 4.74 Å². The summed E-state index contributed by atoms with van der Waals surface area (Å²) in [6, 6.07) is 7.63. The van der Waals surface area contributed by atoms with E-state index in [1.54, 1.807) is 0 Å². The number of hydrogen-bond donors (Lipinski definition) is 0. The van der Waals surface area contributed by atoms with Crippen molar-refractivity contribution in [2.45, 2.75) is 17.9 Å². The molecule has 1 aromatic rings. The summed E-state index contributed by atoms with van der Waals surface area (Å²) in [5, 5.41) is -1.14. The van der Waals surface area contributed by atoms with Crippen molar-refractivity contribution < 1.29 is 9.53 Å². The molecule has 0 bridgehead atoms. The molecule has 2 rings (SSSR count). The first-order chi connectivity index (χ1) is 6.23. The fourth-order valence-corrected chi connectivity index (χ4v) is 1.61. The molecule has 68 valence electrons. The number of aldehydes is 1. The Morgan fingerprint density at radius 2 is 2.23 bits per heavy atom. The van der Waals surface area contributed by atoms with Gasteiger partial charge in [0.2, 0.25) is 5.06 Å². The van der Waals surface area contributed by atoms with Gasteiger partial charge in [0.25, 0.3) is 0 Å². The van der Waals surface area contributed by atoms with Gasteiger partial charge in [0.05, 0.1) is 0 Å². The number of carbonyl (C=O) groups is 1. The molecular weight excluding hydrogens is 188 g/mol. The van der Waals surface area contributed by atoms with Crippen LogP contribution in [-0.2, 0) is 11.2 Å². The molecule has 1 atom stereocenters. The Bertz CT molecular complexity index is 337. The highest BCUT2D eigenvalue weighted by atomic mass is 35.5. The largest absolute Gasteiger partial charge is 0.465 e. The minimum absolute atomic E-state index is 0.537. The molecule has 0 saturated heterocycles. The van der Waals surface area contributed by atoms with E-state index < -0.39 is 5.06 Å². The van der Waals surface area contributed by atoms with Crippen molar-refractivity contribution in [2.75, 3.05) is 0 Å². The molecule has 1 aliphatic heterocycles. The van der Waals surface area contributed by atoms with E-state index in [9.17, 15) is 4.79 Å². The molecule has 0 saturated carbocycles. The lowest BCUT2D eigenvalue weighted by Crippen LogP contribution is -2.35. The molecule has 1 aliphatic rings. The van der Waals surface area contributed by atoms with Crippen LogP contribution in [0.4, 0.5) is 0 Å². The molecule has 0 amide bonds. The highest BCUT2D eigenvalue weighted by Gasteiger charge is 2.33. The van der Waals surface area contributed by atoms with Gasteiger partial charge in [0.1, 0.15) is 5.75 Å². The number of ether oxygens (including phenoxy) is 1. The van der Waals surface area contributed by atoms with Crippen LogP contribution in [0.1, 0.15) is 12.0 Å². The molecule has 13 heavy (non-hydrogen) atoms. The molecule has 1 heterocycles. The summed E-state index contributed by atoms with van der Waals surface area (Å²) in [6.45, 7) is 0. The van der Waals surface area contributed by atoms with Gasteiger partial charge in [-0.15, -0.1) is 0 Å². The Hall–Kier alpha value is -1.02. The molecule has 0 fully saturated rings. The van der Waals surface area contributed by atoms with Crippen molar-refractivity contribution in [3.05, 3.63) is 29.8 Å². The second-order valence-electron chi connectivity index (χ2n) is 3.11. The first-order valence-corrected chi connectivity index (χ1v) is 4.53. The highest BCUT2D eigenvalue weighted by molar-refractivity contribution is 6.30. The van der Waals surface area contributed by atoms with Gasteiger partial charge in [0.15, 0.2) is 6.29 Å². The topological polar surface area (TPSA) is 26.3 Å². The average molecular weight is 197 g/mol. The minimum Gasteiger partial charge on any atom is -0.465 e. The fourth-order valence-electron chi connectivity index (χ4n) is 1.43. The quantitative estimate of drug-likeness (QED) is 0.508. The molecule has 2 nitrogen and oxygen atoms in total. The lowest BCUT2D eigenvalue weighted by Gasteiger charge is -2.28. The first-order valence-electron chi connectivity index (χ1n) is 4.16. The third kappa shape index (κ3) is 1.54. The summed E-state index contributed by atoms with van der Waals surface area (Å²) < 4.78 is 5.37. The van der Waals surface area contributed by atoms with Gasteiger partial charge in [-0.25, -0.2) is 0 Å². The molecule has 3 heteroatoms. The van der Waals surface area contributed by atoms with E-state index in [2.05, 4.69) is 0 Å². The monoisotopic (exact) mass is 196 g/mol. The van der Waals surface area contributed by atoms with E-state index in [4.69, 9.17) is 16.3 Å². The second-order valence-corrected chi connectivity index (χ2v) is 3.75. The second kappa shape index (κ2) is 3.04. The number of fused-ring (bicyclic) bond motifs is 1. The van der Waals surface area contributed by atoms with E-state index in [0.717, 1.165) is 17.7 Å². The maximum atomic E-state index is 10.6. The molecular formula is C10H9ClO2. The number of hydrogen-bond acceptors (Lipinski definition) is 2. The van der Waals surface area contributed by atoms with Crippen LogP contribution in [-0.4, -0.2) is 11.3 Å². The summed E-state index contributed by atoms with van der Waals surface area (Å²) in [4.78, 5) is 10.6. The maximum Gasteiger partial charge on any atom is 0.237 e. The number of rotatable bonds is 1. The van der Waals surface area contributed by atoms with Crippen LogP contribution in [0.2, 0.25) is 0 Å². The van der Waals surface area contributed by atoms with Gasteiger partial charge in [-0.3, -0.25) is 4.79 Å². The minimum atomic E-state index is -1.14. The number of carbonyl (C=O) groups excluding carboxylic acids is 1. The van der Waals surface area contributed by atoms with Crippen molar-refractivity contribution in [2.24, 2.45) is 0 Å². The van der Waals surface area contributed by atoms with E-state index >= 15 is 0 Å². The van der Waals surface area contributed by atoms with E-state index in [-0.39, 0.29) is 0 Å². The highest BCUT2D eigenvalue weighted by Crippen LogP contribution is 2.34. The average Bonchev–Trinajstić information content (AvgIpc) is 2.18. The summed E-state index contributed by atoms with van der Waals surface area (Å²) in [7, 11) is 0. The van der Waals surface area contributed by atoms with Crippen LogP contribution in [0, 0.1) is 0 Å². The van der Waals surface area contributed by atoms with E-state index in [0.29, 0.717) is 12.7 Å². The van der Waals surface area contributed by atoms with Gasteiger partial charge in [-0.2, -0.15) is 0 Å². The Morgan fingerprint density at radius 3 is 3.00 bits per heavy atom. The lowest BCUT2D eigenvalue weighted by atomic mass is 10.0. The predicted molar refractivity (Wildman–Crippen MR) is 50.0 cm³/mol. The lowest BCUT2D eigenvalue weighted by molar-refractivity contribution is -0.116. The third-order valence-corrected chi connectivity index (χ3v) is 2.52. The normalized spacial score (nSPS) is 25.9. The van der Waals surface area contributed by atoms with Crippen molar-refractivity contribution in [3.8, 4) is 5.75 Å². The molecule has 1 aromatic carbocycles. The number of alkyl halides is 1. The zero-order chi connectivity index (χ0) is 9.31. The van der Waals surface area contributed by atoms with Crippen LogP contribution in [0.15, 0.2) is 24.3 Å². The number of benzene rings is 1. The Kier molecular flexibility index (Phi) is 2.00. The van der Waals surface area contributed by atoms with Crippen molar-refractivity contribution in [1.82, 2.24) is 0 Å². The Balaban J connectivity index is 2.34. The number of aryl methyl sites for hydroxylation is 1. The van der Waals surface area contributed by atoms with Gasteiger partial charge >= 0.3 is 0 Å². The first kappa shape index (κ1) is 8.57. The standard InChI is InChI=1S/C10H9ClO2/c11-10(7-12)6-5-8-3-1-2-4-9(8)13-10/h1-4,7H,5-6H2. The number of para-hydroxylation sites is 1. The SMILES string of the molecule is O=CC1(Cl)CCc2ccccc2O1. The fraction of sp³-hybridized carbons (Fsp3) is 0.300. The van der Waals surface area contributed by atoms with Gasteiger partial charge in [-0.1, -0.05) is 29.8 Å². The Labute approximate surface area is 81.5 Å². The van der Waals surface area contributed by atoms with Crippen LogP contribution in [0.3, 0.4) is 0 Å². The predicted octanol–water partition coefficient (Wildman–Crippen LogP) is 2.15. The van der Waals surface area contributed by atoms with Crippen LogP contribution in [0.25, 0.3) is 0 Å². The summed E-state index contributed by atoms with van der Waals surface area (Å²) in [5.41, 5.74) is 1.11. The van der Waals surface area contributed by atoms with Gasteiger partial charge < -0.3 is 4.74 Å². The molecule has 1 unspecified atom stereocenters. The molecule has 0 aliphatic carbocycles. The summed E-state index contributed by atoms with van der Waals surface area (Å²) >= 11 is 5.90. The zero-order valence-corrected chi connectivity index (χ0v) is 7.75. The zero-order valence-electron chi connectivity index (χ0n) is 7.00. The molecule has 0 N–H and O–H groups in total. The molecule has 0 aromatic heterocycles. The van der Waals surface area contributed by atoms with E-state index in [1.807, 2.05) is 24.3 Å². The maximum absolute atomic E-state index is 10.6. The van der Waals surface area contributed by atoms with E-state index in [1.165, 1.54) is 0 Å². The third-order valence-electron chi connectivity index (χ3n) is 2.16. The molecule has 0 radical (unpaired) electrons. The van der Waals surface area contributed by atoms with Crippen LogP contribution >= 0.6 is 11.6 Å². The summed E-state index contributed by atoms with van der Waals surface area (Å²) in [6.07, 6.45) is 1.98. The van der Waals surface area contributed by atoms with Gasteiger partial charge in [0, 0.05) is 6.42 Å².